The number of benzene rings is 2. The van der Waals surface area contributed by atoms with Gasteiger partial charge in [0.15, 0.2) is 5.65 Å². The Morgan fingerprint density at radius 2 is 1.88 bits per heavy atom. The predicted molar refractivity (Wildman–Crippen MR) is 131 cm³/mol. The molecule has 172 valence electrons. The van der Waals surface area contributed by atoms with Crippen molar-refractivity contribution >= 4 is 16.9 Å². The van der Waals surface area contributed by atoms with E-state index >= 15 is 0 Å². The summed E-state index contributed by atoms with van der Waals surface area (Å²) in [5, 5.41) is 9.64. The first-order chi connectivity index (χ1) is 16.8. The van der Waals surface area contributed by atoms with Gasteiger partial charge in [-0.3, -0.25) is 0 Å². The van der Waals surface area contributed by atoms with E-state index in [1.165, 1.54) is 12.0 Å². The van der Waals surface area contributed by atoms with Crippen LogP contribution in [0.1, 0.15) is 25.3 Å². The molecule has 8 heteroatoms. The molecule has 0 bridgehead atoms. The predicted octanol–water partition coefficient (Wildman–Crippen LogP) is 4.57. The Kier molecular flexibility index (Phi) is 6.36. The van der Waals surface area contributed by atoms with Gasteiger partial charge in [0, 0.05) is 29.9 Å². The molecule has 0 amide bonds. The second-order valence-electron chi connectivity index (χ2n) is 8.18. The van der Waals surface area contributed by atoms with Crippen molar-refractivity contribution in [3.05, 3.63) is 54.4 Å². The van der Waals surface area contributed by atoms with Gasteiger partial charge in [-0.1, -0.05) is 13.3 Å². The van der Waals surface area contributed by atoms with E-state index in [-0.39, 0.29) is 0 Å². The smallest absolute Gasteiger partial charge is 0.181 e. The largest absolute Gasteiger partial charge is 0.492 e. The SMILES string of the molecule is CCCCOc1ccc(-c2ncnc3nc(-c4ccc(N5CCOCC5)cc4)[nH]c23)cc1C#N. The molecule has 1 N–H and O–H groups in total. The molecule has 0 saturated carbocycles. The normalized spacial score (nSPS) is 13.7. The van der Waals surface area contributed by atoms with Gasteiger partial charge in [0.25, 0.3) is 0 Å². The lowest BCUT2D eigenvalue weighted by molar-refractivity contribution is 0.122. The van der Waals surface area contributed by atoms with E-state index in [0.29, 0.717) is 29.3 Å². The van der Waals surface area contributed by atoms with E-state index in [1.54, 1.807) is 6.07 Å². The lowest BCUT2D eigenvalue weighted by atomic mass is 10.1. The number of hydrogen-bond donors (Lipinski definition) is 1. The van der Waals surface area contributed by atoms with Crippen LogP contribution in [0.3, 0.4) is 0 Å². The zero-order chi connectivity index (χ0) is 23.3. The molecule has 34 heavy (non-hydrogen) atoms. The average Bonchev–Trinajstić information content (AvgIpc) is 3.34. The Morgan fingerprint density at radius 1 is 1.09 bits per heavy atom. The molecule has 0 aliphatic carbocycles. The summed E-state index contributed by atoms with van der Waals surface area (Å²) in [7, 11) is 0. The molecule has 0 atom stereocenters. The minimum absolute atomic E-state index is 0.485. The van der Waals surface area contributed by atoms with Crippen molar-refractivity contribution in [1.29, 1.82) is 5.26 Å². The number of nitrogens with one attached hydrogen (secondary N) is 1. The highest BCUT2D eigenvalue weighted by Crippen LogP contribution is 2.31. The molecule has 5 rings (SSSR count). The molecule has 0 spiro atoms. The fourth-order valence-electron chi connectivity index (χ4n) is 4.05. The van der Waals surface area contributed by atoms with Crippen LogP contribution in [0.2, 0.25) is 0 Å². The van der Waals surface area contributed by atoms with Crippen LogP contribution in [0, 0.1) is 11.3 Å². The van der Waals surface area contributed by atoms with Crippen molar-refractivity contribution in [3.8, 4) is 34.5 Å². The Labute approximate surface area is 198 Å². The topological polar surface area (TPSA) is 99.9 Å². The number of aromatic amines is 1. The highest BCUT2D eigenvalue weighted by Gasteiger charge is 2.16. The molecular weight excluding hydrogens is 428 g/mol. The van der Waals surface area contributed by atoms with Crippen molar-refractivity contribution in [1.82, 2.24) is 19.9 Å². The first-order valence-corrected chi connectivity index (χ1v) is 11.6. The fourth-order valence-corrected chi connectivity index (χ4v) is 4.05. The van der Waals surface area contributed by atoms with Crippen molar-refractivity contribution in [2.75, 3.05) is 37.8 Å². The summed E-state index contributed by atoms with van der Waals surface area (Å²) in [6.45, 7) is 6.01. The van der Waals surface area contributed by atoms with E-state index in [9.17, 15) is 5.26 Å². The number of rotatable bonds is 7. The van der Waals surface area contributed by atoms with Crippen LogP contribution in [0.25, 0.3) is 33.8 Å². The summed E-state index contributed by atoms with van der Waals surface area (Å²) in [6.07, 6.45) is 3.49. The summed E-state index contributed by atoms with van der Waals surface area (Å²) in [4.78, 5) is 19.2. The fraction of sp³-hybridized carbons (Fsp3) is 0.308. The second-order valence-corrected chi connectivity index (χ2v) is 8.18. The second kappa shape index (κ2) is 9.89. The number of ether oxygens (including phenoxy) is 2. The summed E-state index contributed by atoms with van der Waals surface area (Å²) in [6, 6.07) is 16.1. The van der Waals surface area contributed by atoms with Crippen LogP contribution < -0.4 is 9.64 Å². The van der Waals surface area contributed by atoms with Crippen LogP contribution in [0.4, 0.5) is 5.69 Å². The molecule has 4 aromatic rings. The molecule has 8 nitrogen and oxygen atoms in total. The van der Waals surface area contributed by atoms with Crippen LogP contribution >= 0.6 is 0 Å². The van der Waals surface area contributed by atoms with Gasteiger partial charge < -0.3 is 19.4 Å². The van der Waals surface area contributed by atoms with E-state index < -0.39 is 0 Å². The van der Waals surface area contributed by atoms with Gasteiger partial charge in [-0.05, 0) is 48.9 Å². The summed E-state index contributed by atoms with van der Waals surface area (Å²) >= 11 is 0. The van der Waals surface area contributed by atoms with E-state index in [2.05, 4.69) is 57.1 Å². The number of morpholine rings is 1. The van der Waals surface area contributed by atoms with E-state index in [4.69, 9.17) is 14.5 Å². The Balaban J connectivity index is 1.44. The molecule has 3 heterocycles. The molecule has 0 unspecified atom stereocenters. The number of fused-ring (bicyclic) bond motifs is 1. The zero-order valence-electron chi connectivity index (χ0n) is 19.1. The van der Waals surface area contributed by atoms with Gasteiger partial charge in [0.2, 0.25) is 0 Å². The molecule has 2 aromatic carbocycles. The molecule has 2 aromatic heterocycles. The summed E-state index contributed by atoms with van der Waals surface area (Å²) in [5.74, 6) is 1.32. The quantitative estimate of drug-likeness (QED) is 0.408. The van der Waals surface area contributed by atoms with Gasteiger partial charge in [0.1, 0.15) is 29.5 Å². The van der Waals surface area contributed by atoms with Gasteiger partial charge in [-0.25, -0.2) is 15.0 Å². The average molecular weight is 455 g/mol. The first kappa shape index (κ1) is 21.9. The van der Waals surface area contributed by atoms with Crippen LogP contribution in [-0.2, 0) is 4.74 Å². The van der Waals surface area contributed by atoms with Crippen molar-refractivity contribution in [3.63, 3.8) is 0 Å². The van der Waals surface area contributed by atoms with Crippen LogP contribution in [0.15, 0.2) is 48.8 Å². The number of nitriles is 1. The number of hydrogen-bond acceptors (Lipinski definition) is 7. The highest BCUT2D eigenvalue weighted by molar-refractivity contribution is 5.89. The Bertz CT molecular complexity index is 1320. The lowest BCUT2D eigenvalue weighted by Crippen LogP contribution is -2.36. The molecular formula is C26H26N6O2. The van der Waals surface area contributed by atoms with Crippen molar-refractivity contribution in [2.45, 2.75) is 19.8 Å². The van der Waals surface area contributed by atoms with E-state index in [0.717, 1.165) is 61.6 Å². The summed E-state index contributed by atoms with van der Waals surface area (Å²) in [5.41, 5.74) is 5.46. The molecule has 1 saturated heterocycles. The first-order valence-electron chi connectivity index (χ1n) is 11.6. The maximum atomic E-state index is 9.64. The number of H-pyrrole nitrogens is 1. The Morgan fingerprint density at radius 3 is 2.65 bits per heavy atom. The number of nitrogens with zero attached hydrogens (tertiary/aromatic N) is 5. The lowest BCUT2D eigenvalue weighted by Gasteiger charge is -2.28. The Hall–Kier alpha value is -3.96. The minimum atomic E-state index is 0.485. The number of aromatic nitrogens is 4. The third kappa shape index (κ3) is 4.43. The summed E-state index contributed by atoms with van der Waals surface area (Å²) < 4.78 is 11.2. The van der Waals surface area contributed by atoms with Crippen LogP contribution in [0.5, 0.6) is 5.75 Å². The molecule has 0 radical (unpaired) electrons. The van der Waals surface area contributed by atoms with Gasteiger partial charge in [0.05, 0.1) is 31.1 Å². The molecule has 1 aliphatic rings. The maximum Gasteiger partial charge on any atom is 0.181 e. The number of unbranched alkanes of at least 4 members (excludes halogenated alkanes) is 1. The molecule has 1 fully saturated rings. The minimum Gasteiger partial charge on any atom is -0.492 e. The van der Waals surface area contributed by atoms with Gasteiger partial charge in [-0.2, -0.15) is 5.26 Å². The third-order valence-electron chi connectivity index (χ3n) is 5.93. The van der Waals surface area contributed by atoms with Gasteiger partial charge >= 0.3 is 0 Å². The number of imidazole rings is 1. The third-order valence-corrected chi connectivity index (χ3v) is 5.93. The van der Waals surface area contributed by atoms with Gasteiger partial charge in [-0.15, -0.1) is 0 Å². The zero-order valence-corrected chi connectivity index (χ0v) is 19.1. The van der Waals surface area contributed by atoms with Crippen LogP contribution in [-0.4, -0.2) is 52.8 Å². The standard InChI is InChI=1S/C26H26N6O2/c1-2-3-12-34-22-9-6-19(15-20(22)16-27)23-24-26(29-17-28-23)31-25(30-24)18-4-7-21(8-5-18)32-10-13-33-14-11-32/h4-9,15,17H,2-3,10-14H2,1H3,(H,28,29,30,31). The monoisotopic (exact) mass is 454 g/mol. The van der Waals surface area contributed by atoms with Crippen molar-refractivity contribution < 1.29 is 9.47 Å². The van der Waals surface area contributed by atoms with E-state index in [1.807, 2.05) is 12.1 Å². The molecule has 1 aliphatic heterocycles. The number of anilines is 1. The highest BCUT2D eigenvalue weighted by atomic mass is 16.5. The maximum absolute atomic E-state index is 9.64. The van der Waals surface area contributed by atoms with Crippen molar-refractivity contribution in [2.24, 2.45) is 0 Å².